The number of rotatable bonds is 3. The van der Waals surface area contributed by atoms with Gasteiger partial charge in [0.15, 0.2) is 0 Å². The van der Waals surface area contributed by atoms with Crippen molar-refractivity contribution in [3.05, 3.63) is 33.8 Å². The highest BCUT2D eigenvalue weighted by Crippen LogP contribution is 2.35. The lowest BCUT2D eigenvalue weighted by atomic mass is 9.81. The maximum Gasteiger partial charge on any atom is 0.116 e. The van der Waals surface area contributed by atoms with Gasteiger partial charge in [-0.1, -0.05) is 35.3 Å². The molecule has 2 atom stereocenters. The second kappa shape index (κ2) is 5.77. The zero-order valence-electron chi connectivity index (χ0n) is 10.5. The molecule has 1 aromatic rings. The topological polar surface area (TPSA) is 12.0 Å². The van der Waals surface area contributed by atoms with E-state index in [9.17, 15) is 4.39 Å². The normalized spacial score (nSPS) is 23.7. The van der Waals surface area contributed by atoms with Gasteiger partial charge in [-0.25, -0.2) is 4.39 Å². The molecule has 1 N–H and O–H groups in total. The van der Waals surface area contributed by atoms with Gasteiger partial charge in [0, 0.05) is 18.9 Å². The Labute approximate surface area is 118 Å². The van der Waals surface area contributed by atoms with Crippen LogP contribution in [0.5, 0.6) is 0 Å². The monoisotopic (exact) mass is 289 g/mol. The summed E-state index contributed by atoms with van der Waals surface area (Å²) in [5.74, 6) is 0.0429. The number of alkyl halides is 1. The number of hydrogen-bond donors (Lipinski definition) is 1. The predicted molar refractivity (Wildman–Crippen MR) is 75.3 cm³/mol. The summed E-state index contributed by atoms with van der Waals surface area (Å²) < 4.78 is 14.8. The van der Waals surface area contributed by atoms with Crippen molar-refractivity contribution in [2.45, 2.75) is 31.9 Å². The van der Waals surface area contributed by atoms with E-state index in [1.807, 2.05) is 12.1 Å². The Morgan fingerprint density at radius 2 is 2.22 bits per heavy atom. The molecule has 0 amide bonds. The molecule has 1 heterocycles. The lowest BCUT2D eigenvalue weighted by Gasteiger charge is -2.34. The van der Waals surface area contributed by atoms with Crippen LogP contribution in [-0.4, -0.2) is 18.8 Å². The summed E-state index contributed by atoms with van der Waals surface area (Å²) in [6.07, 6.45) is 2.28. The number of halogens is 3. The fraction of sp³-hybridized carbons (Fsp3) is 0.571. The Kier molecular flexibility index (Phi) is 4.52. The molecular weight excluding hydrogens is 272 g/mol. The Balaban J connectivity index is 2.13. The summed E-state index contributed by atoms with van der Waals surface area (Å²) in [6, 6.07) is 5.40. The van der Waals surface area contributed by atoms with Crippen molar-refractivity contribution in [3.63, 3.8) is 0 Å². The zero-order valence-corrected chi connectivity index (χ0v) is 12.0. The molecule has 0 radical (unpaired) electrons. The van der Waals surface area contributed by atoms with Gasteiger partial charge in [-0.3, -0.25) is 0 Å². The van der Waals surface area contributed by atoms with Crippen molar-refractivity contribution in [2.75, 3.05) is 13.1 Å². The molecule has 0 aromatic heterocycles. The minimum absolute atomic E-state index is 0.0429. The van der Waals surface area contributed by atoms with Gasteiger partial charge >= 0.3 is 0 Å². The van der Waals surface area contributed by atoms with Crippen LogP contribution in [0.15, 0.2) is 18.2 Å². The average Bonchev–Trinajstić information content (AvgIpc) is 2.36. The molecule has 1 aromatic carbocycles. The minimum Gasteiger partial charge on any atom is -0.316 e. The molecule has 2 unspecified atom stereocenters. The van der Waals surface area contributed by atoms with E-state index < -0.39 is 5.67 Å². The van der Waals surface area contributed by atoms with E-state index in [-0.39, 0.29) is 5.92 Å². The first-order valence-electron chi connectivity index (χ1n) is 6.33. The van der Waals surface area contributed by atoms with Crippen LogP contribution in [0, 0.1) is 5.92 Å². The molecule has 1 aliphatic heterocycles. The van der Waals surface area contributed by atoms with Gasteiger partial charge in [-0.2, -0.15) is 0 Å². The largest absolute Gasteiger partial charge is 0.316 e. The summed E-state index contributed by atoms with van der Waals surface area (Å²) in [6.45, 7) is 3.40. The van der Waals surface area contributed by atoms with Crippen LogP contribution in [0.4, 0.5) is 4.39 Å². The Morgan fingerprint density at radius 3 is 2.89 bits per heavy atom. The van der Waals surface area contributed by atoms with Crippen molar-refractivity contribution < 1.29 is 4.39 Å². The Bertz CT molecular complexity index is 414. The molecule has 18 heavy (non-hydrogen) atoms. The van der Waals surface area contributed by atoms with E-state index in [4.69, 9.17) is 23.2 Å². The molecule has 1 fully saturated rings. The zero-order chi connectivity index (χ0) is 13.2. The fourth-order valence-corrected chi connectivity index (χ4v) is 2.95. The molecule has 0 spiro atoms. The summed E-state index contributed by atoms with van der Waals surface area (Å²) in [5.41, 5.74) is -0.457. The highest BCUT2D eigenvalue weighted by Gasteiger charge is 2.35. The summed E-state index contributed by atoms with van der Waals surface area (Å²) in [7, 11) is 0. The van der Waals surface area contributed by atoms with Crippen molar-refractivity contribution in [2.24, 2.45) is 5.92 Å². The standard InChI is InChI=1S/C14H18Cl2FN/c1-14(17,11-5-3-7-18-9-11)8-10-4-2-6-12(15)13(10)16/h2,4,6,11,18H,3,5,7-9H2,1H3. The molecule has 1 aliphatic rings. The third kappa shape index (κ3) is 3.17. The van der Waals surface area contributed by atoms with E-state index in [0.29, 0.717) is 16.5 Å². The maximum atomic E-state index is 14.8. The molecular formula is C14H18Cl2FN. The SMILES string of the molecule is CC(F)(Cc1cccc(Cl)c1Cl)C1CCCNC1. The number of nitrogens with one attached hydrogen (secondary N) is 1. The maximum absolute atomic E-state index is 14.8. The molecule has 0 saturated carbocycles. The van der Waals surface area contributed by atoms with Crippen molar-refractivity contribution in [3.8, 4) is 0 Å². The molecule has 2 rings (SSSR count). The predicted octanol–water partition coefficient (Wildman–Crippen LogP) is 4.26. The van der Waals surface area contributed by atoms with Crippen molar-refractivity contribution in [1.82, 2.24) is 5.32 Å². The van der Waals surface area contributed by atoms with Crippen LogP contribution in [0.2, 0.25) is 10.0 Å². The average molecular weight is 290 g/mol. The third-order valence-corrected chi connectivity index (χ3v) is 4.57. The molecule has 1 saturated heterocycles. The lowest BCUT2D eigenvalue weighted by Crippen LogP contribution is -2.42. The van der Waals surface area contributed by atoms with E-state index in [2.05, 4.69) is 5.32 Å². The Hall–Kier alpha value is -0.310. The molecule has 4 heteroatoms. The van der Waals surface area contributed by atoms with Crippen LogP contribution < -0.4 is 5.32 Å². The fourth-order valence-electron chi connectivity index (χ4n) is 2.57. The van der Waals surface area contributed by atoms with Gasteiger partial charge in [-0.15, -0.1) is 0 Å². The molecule has 0 aliphatic carbocycles. The first-order valence-corrected chi connectivity index (χ1v) is 7.09. The van der Waals surface area contributed by atoms with E-state index in [1.54, 1.807) is 13.0 Å². The molecule has 1 nitrogen and oxygen atoms in total. The Morgan fingerprint density at radius 1 is 1.44 bits per heavy atom. The lowest BCUT2D eigenvalue weighted by molar-refractivity contribution is 0.0834. The van der Waals surface area contributed by atoms with Crippen LogP contribution in [-0.2, 0) is 6.42 Å². The van der Waals surface area contributed by atoms with E-state index in [1.165, 1.54) is 0 Å². The van der Waals surface area contributed by atoms with E-state index >= 15 is 0 Å². The highest BCUT2D eigenvalue weighted by molar-refractivity contribution is 6.42. The number of piperidine rings is 1. The summed E-state index contributed by atoms with van der Waals surface area (Å²) in [5, 5.41) is 4.22. The molecule has 0 bridgehead atoms. The molecule has 100 valence electrons. The van der Waals surface area contributed by atoms with Crippen LogP contribution in [0.1, 0.15) is 25.3 Å². The van der Waals surface area contributed by atoms with Gasteiger partial charge in [0.1, 0.15) is 5.67 Å². The second-order valence-corrected chi connectivity index (χ2v) is 6.00. The van der Waals surface area contributed by atoms with Gasteiger partial charge in [0.2, 0.25) is 0 Å². The number of hydrogen-bond acceptors (Lipinski definition) is 1. The van der Waals surface area contributed by atoms with Gasteiger partial charge in [0.25, 0.3) is 0 Å². The first-order chi connectivity index (χ1) is 8.50. The number of benzene rings is 1. The minimum atomic E-state index is -1.25. The van der Waals surface area contributed by atoms with Crippen molar-refractivity contribution in [1.29, 1.82) is 0 Å². The quantitative estimate of drug-likeness (QED) is 0.877. The van der Waals surface area contributed by atoms with Crippen molar-refractivity contribution >= 4 is 23.2 Å². The van der Waals surface area contributed by atoms with Crippen LogP contribution >= 0.6 is 23.2 Å². The second-order valence-electron chi connectivity index (χ2n) is 5.21. The van der Waals surface area contributed by atoms with Crippen LogP contribution in [0.25, 0.3) is 0 Å². The highest BCUT2D eigenvalue weighted by atomic mass is 35.5. The van der Waals surface area contributed by atoms with Gasteiger partial charge in [-0.05, 0) is 37.9 Å². The smallest absolute Gasteiger partial charge is 0.116 e. The van der Waals surface area contributed by atoms with Crippen LogP contribution in [0.3, 0.4) is 0 Å². The van der Waals surface area contributed by atoms with Gasteiger partial charge in [0.05, 0.1) is 10.0 Å². The summed E-state index contributed by atoms with van der Waals surface area (Å²) >= 11 is 12.1. The first kappa shape index (κ1) is 14.1. The van der Waals surface area contributed by atoms with Gasteiger partial charge < -0.3 is 5.32 Å². The van der Waals surface area contributed by atoms with E-state index in [0.717, 1.165) is 31.5 Å². The third-order valence-electron chi connectivity index (χ3n) is 3.72. The summed E-state index contributed by atoms with van der Waals surface area (Å²) in [4.78, 5) is 0.